The number of benzene rings is 2. The van der Waals surface area contributed by atoms with Gasteiger partial charge in [-0.25, -0.2) is 8.42 Å². The van der Waals surface area contributed by atoms with Crippen molar-refractivity contribution in [1.82, 2.24) is 8.87 Å². The molecular formula is C24H26N4O5S. The predicted molar refractivity (Wildman–Crippen MR) is 127 cm³/mol. The molecule has 2 heterocycles. The zero-order valence-corrected chi connectivity index (χ0v) is 19.5. The van der Waals surface area contributed by atoms with Crippen LogP contribution in [-0.2, 0) is 21.9 Å². The molecule has 9 nitrogen and oxygen atoms in total. The molecule has 0 aliphatic carbocycles. The van der Waals surface area contributed by atoms with Crippen molar-refractivity contribution in [3.05, 3.63) is 72.6 Å². The summed E-state index contributed by atoms with van der Waals surface area (Å²) in [6.45, 7) is 0.396. The Hall–Kier alpha value is -3.63. The fourth-order valence-electron chi connectivity index (χ4n) is 3.94. The van der Waals surface area contributed by atoms with Crippen molar-refractivity contribution in [2.45, 2.75) is 17.7 Å². The fraction of sp³-hybridized carbons (Fsp3) is 0.250. The number of amides is 2. The lowest BCUT2D eigenvalue weighted by molar-refractivity contribution is -0.120. The molecule has 1 aromatic heterocycles. The van der Waals surface area contributed by atoms with Crippen LogP contribution >= 0.6 is 0 Å². The third-order valence-corrected chi connectivity index (χ3v) is 7.67. The van der Waals surface area contributed by atoms with Crippen LogP contribution in [-0.4, -0.2) is 42.2 Å². The minimum Gasteiger partial charge on any atom is -0.455 e. The number of hydrogen-bond donors (Lipinski definition) is 2. The van der Waals surface area contributed by atoms with E-state index in [4.69, 9.17) is 10.5 Å². The number of nitrogens with two attached hydrogens (primary N) is 1. The van der Waals surface area contributed by atoms with Crippen molar-refractivity contribution < 1.29 is 22.7 Å². The van der Waals surface area contributed by atoms with Crippen LogP contribution in [0.5, 0.6) is 11.5 Å². The van der Waals surface area contributed by atoms with E-state index < -0.39 is 15.9 Å². The number of aromatic nitrogens is 1. The van der Waals surface area contributed by atoms with Crippen LogP contribution in [0, 0.1) is 5.92 Å². The predicted octanol–water partition coefficient (Wildman–Crippen LogP) is 2.96. The zero-order chi connectivity index (χ0) is 24.3. The van der Waals surface area contributed by atoms with Gasteiger partial charge in [0, 0.05) is 32.3 Å². The first-order valence-electron chi connectivity index (χ1n) is 10.8. The molecule has 178 valence electrons. The smallest absolute Gasteiger partial charge is 0.265 e. The maximum atomic E-state index is 13.0. The monoisotopic (exact) mass is 482 g/mol. The number of sulfonamides is 1. The average molecular weight is 483 g/mol. The molecular weight excluding hydrogens is 456 g/mol. The normalized spacial score (nSPS) is 15.1. The lowest BCUT2D eigenvalue weighted by Gasteiger charge is -2.30. The molecule has 1 aliphatic heterocycles. The first-order chi connectivity index (χ1) is 16.3. The molecule has 3 aromatic rings. The van der Waals surface area contributed by atoms with E-state index in [9.17, 15) is 18.0 Å². The van der Waals surface area contributed by atoms with E-state index in [-0.39, 0.29) is 35.5 Å². The Morgan fingerprint density at radius 3 is 2.32 bits per heavy atom. The molecule has 1 fully saturated rings. The molecule has 10 heteroatoms. The largest absolute Gasteiger partial charge is 0.455 e. The van der Waals surface area contributed by atoms with E-state index in [2.05, 4.69) is 5.32 Å². The number of anilines is 1. The number of para-hydroxylation sites is 3. The SMILES string of the molecule is Cn1cc(S(=O)(=O)N2CCC(C(=O)Nc3ccccc3Oc3ccccc3)CC2)cc1C(N)=O. The van der Waals surface area contributed by atoms with Gasteiger partial charge in [0.25, 0.3) is 5.91 Å². The number of carbonyl (C=O) groups excluding carboxylic acids is 2. The number of hydrogen-bond acceptors (Lipinski definition) is 5. The lowest BCUT2D eigenvalue weighted by Crippen LogP contribution is -2.41. The van der Waals surface area contributed by atoms with E-state index in [0.717, 1.165) is 0 Å². The molecule has 2 aromatic carbocycles. The van der Waals surface area contributed by atoms with E-state index >= 15 is 0 Å². The third-order valence-electron chi connectivity index (χ3n) is 5.81. The number of aryl methyl sites for hydroxylation is 1. The number of ether oxygens (including phenoxy) is 1. The first-order valence-corrected chi connectivity index (χ1v) is 12.3. The summed E-state index contributed by atoms with van der Waals surface area (Å²) < 4.78 is 34.6. The van der Waals surface area contributed by atoms with Crippen LogP contribution in [0.25, 0.3) is 0 Å². The standard InChI is InChI=1S/C24H26N4O5S/c1-27-16-19(15-21(27)23(25)29)34(31,32)28-13-11-17(12-14-28)24(30)26-20-9-5-6-10-22(20)33-18-7-3-2-4-8-18/h2-10,15-17H,11-14H2,1H3,(H2,25,29)(H,26,30). The Balaban J connectivity index is 1.40. The van der Waals surface area contributed by atoms with Crippen molar-refractivity contribution in [3.8, 4) is 11.5 Å². The van der Waals surface area contributed by atoms with Gasteiger partial charge in [-0.1, -0.05) is 30.3 Å². The van der Waals surface area contributed by atoms with Crippen LogP contribution < -0.4 is 15.8 Å². The minimum absolute atomic E-state index is 0.0127. The highest BCUT2D eigenvalue weighted by Gasteiger charge is 2.33. The van der Waals surface area contributed by atoms with Crippen LogP contribution in [0.1, 0.15) is 23.3 Å². The van der Waals surface area contributed by atoms with Crippen molar-refractivity contribution >= 4 is 27.5 Å². The minimum atomic E-state index is -3.79. The summed E-state index contributed by atoms with van der Waals surface area (Å²) in [7, 11) is -2.23. The summed E-state index contributed by atoms with van der Waals surface area (Å²) in [5.74, 6) is -0.0413. The zero-order valence-electron chi connectivity index (χ0n) is 18.7. The van der Waals surface area contributed by atoms with Crippen LogP contribution in [0.2, 0.25) is 0 Å². The molecule has 0 saturated carbocycles. The second-order valence-electron chi connectivity index (χ2n) is 8.12. The maximum absolute atomic E-state index is 13.0. The third kappa shape index (κ3) is 4.97. The molecule has 34 heavy (non-hydrogen) atoms. The Morgan fingerprint density at radius 1 is 1.03 bits per heavy atom. The van der Waals surface area contributed by atoms with Gasteiger partial charge in [0.15, 0.2) is 5.75 Å². The quantitative estimate of drug-likeness (QED) is 0.536. The van der Waals surface area contributed by atoms with Crippen LogP contribution in [0.3, 0.4) is 0 Å². The van der Waals surface area contributed by atoms with Gasteiger partial charge >= 0.3 is 0 Å². The molecule has 0 unspecified atom stereocenters. The number of nitrogens with one attached hydrogen (secondary N) is 1. The van der Waals surface area contributed by atoms with Gasteiger partial charge < -0.3 is 20.4 Å². The van der Waals surface area contributed by atoms with Gasteiger partial charge in [-0.3, -0.25) is 9.59 Å². The Labute approximate surface area is 198 Å². The topological polar surface area (TPSA) is 124 Å². The Kier molecular flexibility index (Phi) is 6.71. The Morgan fingerprint density at radius 2 is 1.68 bits per heavy atom. The molecule has 0 atom stereocenters. The van der Waals surface area contributed by atoms with Crippen LogP contribution in [0.15, 0.2) is 71.8 Å². The Bertz CT molecular complexity index is 1300. The molecule has 4 rings (SSSR count). The molecule has 0 radical (unpaired) electrons. The van der Waals surface area contributed by atoms with E-state index in [1.165, 1.54) is 21.1 Å². The molecule has 2 amide bonds. The van der Waals surface area contributed by atoms with Gasteiger partial charge in [0.05, 0.1) is 5.69 Å². The van der Waals surface area contributed by atoms with E-state index in [1.54, 1.807) is 19.2 Å². The van der Waals surface area contributed by atoms with Crippen molar-refractivity contribution in [2.75, 3.05) is 18.4 Å². The summed E-state index contributed by atoms with van der Waals surface area (Å²) in [5.41, 5.74) is 5.96. The molecule has 1 saturated heterocycles. The van der Waals surface area contributed by atoms with Gasteiger partial charge in [-0.15, -0.1) is 0 Å². The number of rotatable bonds is 7. The van der Waals surface area contributed by atoms with Gasteiger partial charge in [0.2, 0.25) is 15.9 Å². The highest BCUT2D eigenvalue weighted by Crippen LogP contribution is 2.31. The summed E-state index contributed by atoms with van der Waals surface area (Å²) >= 11 is 0. The summed E-state index contributed by atoms with van der Waals surface area (Å²) in [6, 6.07) is 17.7. The molecule has 1 aliphatic rings. The highest BCUT2D eigenvalue weighted by molar-refractivity contribution is 7.89. The van der Waals surface area contributed by atoms with Crippen molar-refractivity contribution in [2.24, 2.45) is 18.7 Å². The summed E-state index contributed by atoms with van der Waals surface area (Å²) in [5, 5.41) is 2.92. The summed E-state index contributed by atoms with van der Waals surface area (Å²) in [4.78, 5) is 24.4. The van der Waals surface area contributed by atoms with E-state index in [1.807, 2.05) is 42.5 Å². The second kappa shape index (κ2) is 9.70. The number of carbonyl (C=O) groups is 2. The second-order valence-corrected chi connectivity index (χ2v) is 10.1. The van der Waals surface area contributed by atoms with Crippen LogP contribution in [0.4, 0.5) is 5.69 Å². The molecule has 3 N–H and O–H groups in total. The van der Waals surface area contributed by atoms with Gasteiger partial charge in [-0.05, 0) is 43.2 Å². The number of primary amides is 1. The average Bonchev–Trinajstić information content (AvgIpc) is 3.24. The number of piperidine rings is 1. The maximum Gasteiger partial charge on any atom is 0.265 e. The van der Waals surface area contributed by atoms with Gasteiger partial charge in [0.1, 0.15) is 16.3 Å². The lowest BCUT2D eigenvalue weighted by atomic mass is 9.97. The van der Waals surface area contributed by atoms with Crippen molar-refractivity contribution in [3.63, 3.8) is 0 Å². The number of nitrogens with zero attached hydrogens (tertiary/aromatic N) is 2. The fourth-order valence-corrected chi connectivity index (χ4v) is 5.48. The molecule has 0 bridgehead atoms. The van der Waals surface area contributed by atoms with E-state index in [0.29, 0.717) is 30.0 Å². The van der Waals surface area contributed by atoms with Crippen molar-refractivity contribution in [1.29, 1.82) is 0 Å². The summed E-state index contributed by atoms with van der Waals surface area (Å²) in [6.07, 6.45) is 2.13. The highest BCUT2D eigenvalue weighted by atomic mass is 32.2. The van der Waals surface area contributed by atoms with Gasteiger partial charge in [-0.2, -0.15) is 4.31 Å². The molecule has 0 spiro atoms. The first kappa shape index (κ1) is 23.5.